The van der Waals surface area contributed by atoms with E-state index in [9.17, 15) is 9.18 Å². The first kappa shape index (κ1) is 14.8. The summed E-state index contributed by atoms with van der Waals surface area (Å²) in [6.07, 6.45) is 3.06. The predicted octanol–water partition coefficient (Wildman–Crippen LogP) is 2.47. The van der Waals surface area contributed by atoms with Gasteiger partial charge in [0.25, 0.3) is 0 Å². The number of nitrogens with two attached hydrogens (primary N) is 1. The lowest BCUT2D eigenvalue weighted by Gasteiger charge is -2.19. The third-order valence-corrected chi connectivity index (χ3v) is 3.60. The van der Waals surface area contributed by atoms with Crippen LogP contribution < -0.4 is 11.1 Å². The number of amides is 1. The van der Waals surface area contributed by atoms with Gasteiger partial charge in [-0.05, 0) is 43.5 Å². The van der Waals surface area contributed by atoms with Gasteiger partial charge in [-0.2, -0.15) is 0 Å². The number of nitrogens with zero attached hydrogens (tertiary/aromatic N) is 1. The second-order valence-electron chi connectivity index (χ2n) is 5.37. The van der Waals surface area contributed by atoms with Gasteiger partial charge in [0.15, 0.2) is 0 Å². The first-order valence-corrected chi connectivity index (χ1v) is 7.15. The van der Waals surface area contributed by atoms with Gasteiger partial charge in [-0.3, -0.25) is 4.79 Å². The molecule has 1 amide bonds. The lowest BCUT2D eigenvalue weighted by Crippen LogP contribution is -2.29. The number of hydrogen-bond donors (Lipinski definition) is 2. The van der Waals surface area contributed by atoms with Gasteiger partial charge in [0.1, 0.15) is 5.82 Å². The number of anilines is 2. The standard InChI is InChI=1S/C15H22FN3O/c1-2-19(10-11-3-4-11)8-7-15(20)18-14-6-5-12(16)9-13(14)17/h5-6,9,11H,2-4,7-8,10,17H2,1H3,(H,18,20). The molecule has 2 rings (SSSR count). The van der Waals surface area contributed by atoms with Crippen LogP contribution in [-0.2, 0) is 4.79 Å². The van der Waals surface area contributed by atoms with Crippen LogP contribution in [0.3, 0.4) is 0 Å². The van der Waals surface area contributed by atoms with Gasteiger partial charge in [-0.15, -0.1) is 0 Å². The second-order valence-corrected chi connectivity index (χ2v) is 5.37. The fraction of sp³-hybridized carbons (Fsp3) is 0.533. The van der Waals surface area contributed by atoms with Crippen molar-refractivity contribution in [2.75, 3.05) is 30.7 Å². The van der Waals surface area contributed by atoms with E-state index >= 15 is 0 Å². The van der Waals surface area contributed by atoms with Crippen molar-refractivity contribution in [2.24, 2.45) is 5.92 Å². The van der Waals surface area contributed by atoms with Gasteiger partial charge in [-0.1, -0.05) is 6.92 Å². The summed E-state index contributed by atoms with van der Waals surface area (Å²) in [6.45, 7) is 4.91. The fourth-order valence-electron chi connectivity index (χ4n) is 2.16. The zero-order valence-corrected chi connectivity index (χ0v) is 11.9. The summed E-state index contributed by atoms with van der Waals surface area (Å²) < 4.78 is 12.9. The molecule has 20 heavy (non-hydrogen) atoms. The van der Waals surface area contributed by atoms with Crippen molar-refractivity contribution < 1.29 is 9.18 Å². The topological polar surface area (TPSA) is 58.4 Å². The molecule has 0 heterocycles. The number of hydrogen-bond acceptors (Lipinski definition) is 3. The Kier molecular flexibility index (Phi) is 4.95. The van der Waals surface area contributed by atoms with E-state index in [1.54, 1.807) is 0 Å². The van der Waals surface area contributed by atoms with Crippen LogP contribution in [-0.4, -0.2) is 30.4 Å². The van der Waals surface area contributed by atoms with Crippen LogP contribution in [0.1, 0.15) is 26.2 Å². The SMILES string of the molecule is CCN(CCC(=O)Nc1ccc(F)cc1N)CC1CC1. The molecule has 110 valence electrons. The van der Waals surface area contributed by atoms with Crippen LogP contribution in [0.4, 0.5) is 15.8 Å². The van der Waals surface area contributed by atoms with E-state index in [4.69, 9.17) is 5.73 Å². The summed E-state index contributed by atoms with van der Waals surface area (Å²) in [4.78, 5) is 14.2. The van der Waals surface area contributed by atoms with Crippen molar-refractivity contribution in [3.05, 3.63) is 24.0 Å². The molecule has 0 unspecified atom stereocenters. The largest absolute Gasteiger partial charge is 0.397 e. The minimum Gasteiger partial charge on any atom is -0.397 e. The molecule has 0 aromatic heterocycles. The summed E-state index contributed by atoms with van der Waals surface area (Å²) in [7, 11) is 0. The van der Waals surface area contributed by atoms with E-state index in [0.717, 1.165) is 25.6 Å². The molecule has 1 fully saturated rings. The minimum atomic E-state index is -0.401. The molecule has 0 aliphatic heterocycles. The first-order valence-electron chi connectivity index (χ1n) is 7.15. The average molecular weight is 279 g/mol. The van der Waals surface area contributed by atoms with E-state index in [1.807, 2.05) is 0 Å². The van der Waals surface area contributed by atoms with Crippen LogP contribution in [0.5, 0.6) is 0 Å². The lowest BCUT2D eigenvalue weighted by molar-refractivity contribution is -0.116. The highest BCUT2D eigenvalue weighted by molar-refractivity contribution is 5.93. The van der Waals surface area contributed by atoms with Crippen LogP contribution in [0.2, 0.25) is 0 Å². The highest BCUT2D eigenvalue weighted by Gasteiger charge is 2.23. The zero-order chi connectivity index (χ0) is 14.5. The van der Waals surface area contributed by atoms with Crippen molar-refractivity contribution in [3.63, 3.8) is 0 Å². The maximum absolute atomic E-state index is 12.9. The number of rotatable bonds is 7. The van der Waals surface area contributed by atoms with Crippen LogP contribution in [0.25, 0.3) is 0 Å². The van der Waals surface area contributed by atoms with Gasteiger partial charge in [0, 0.05) is 19.5 Å². The van der Waals surface area contributed by atoms with E-state index in [2.05, 4.69) is 17.1 Å². The van der Waals surface area contributed by atoms with Crippen LogP contribution in [0, 0.1) is 11.7 Å². The van der Waals surface area contributed by atoms with Gasteiger partial charge in [-0.25, -0.2) is 4.39 Å². The molecule has 3 N–H and O–H groups in total. The second kappa shape index (κ2) is 6.70. The Morgan fingerprint density at radius 1 is 1.50 bits per heavy atom. The summed E-state index contributed by atoms with van der Waals surface area (Å²) in [5, 5.41) is 2.73. The summed E-state index contributed by atoms with van der Waals surface area (Å²) in [6, 6.07) is 3.99. The normalized spacial score (nSPS) is 14.6. The molecule has 5 heteroatoms. The van der Waals surface area contributed by atoms with Gasteiger partial charge >= 0.3 is 0 Å². The number of benzene rings is 1. The van der Waals surface area contributed by atoms with E-state index in [1.165, 1.54) is 31.0 Å². The van der Waals surface area contributed by atoms with Crippen molar-refractivity contribution in [3.8, 4) is 0 Å². The molecule has 0 radical (unpaired) electrons. The fourth-order valence-corrected chi connectivity index (χ4v) is 2.16. The number of nitrogen functional groups attached to an aromatic ring is 1. The molecular formula is C15H22FN3O. The lowest BCUT2D eigenvalue weighted by atomic mass is 10.2. The number of halogens is 1. The predicted molar refractivity (Wildman–Crippen MR) is 78.9 cm³/mol. The summed E-state index contributed by atoms with van der Waals surface area (Å²) in [5.74, 6) is 0.338. The summed E-state index contributed by atoms with van der Waals surface area (Å²) >= 11 is 0. The molecule has 4 nitrogen and oxygen atoms in total. The van der Waals surface area contributed by atoms with Gasteiger partial charge < -0.3 is 16.0 Å². The Balaban J connectivity index is 1.79. The minimum absolute atomic E-state index is 0.0856. The van der Waals surface area contributed by atoms with Crippen molar-refractivity contribution >= 4 is 17.3 Å². The van der Waals surface area contributed by atoms with Crippen molar-refractivity contribution in [1.29, 1.82) is 0 Å². The molecule has 0 saturated heterocycles. The number of carbonyl (C=O) groups is 1. The Labute approximate surface area is 119 Å². The third-order valence-electron chi connectivity index (χ3n) is 3.60. The number of carbonyl (C=O) groups excluding carboxylic acids is 1. The van der Waals surface area contributed by atoms with Crippen LogP contribution in [0.15, 0.2) is 18.2 Å². The molecule has 1 aliphatic carbocycles. The Morgan fingerprint density at radius 2 is 2.25 bits per heavy atom. The zero-order valence-electron chi connectivity index (χ0n) is 11.9. The molecule has 0 bridgehead atoms. The first-order chi connectivity index (χ1) is 9.58. The van der Waals surface area contributed by atoms with Crippen molar-refractivity contribution in [1.82, 2.24) is 4.90 Å². The molecular weight excluding hydrogens is 257 g/mol. The smallest absolute Gasteiger partial charge is 0.225 e. The van der Waals surface area contributed by atoms with E-state index in [0.29, 0.717) is 12.1 Å². The highest BCUT2D eigenvalue weighted by Crippen LogP contribution is 2.29. The molecule has 1 aromatic carbocycles. The molecule has 1 saturated carbocycles. The molecule has 0 atom stereocenters. The van der Waals surface area contributed by atoms with Gasteiger partial charge in [0.05, 0.1) is 11.4 Å². The maximum atomic E-state index is 12.9. The Bertz CT molecular complexity index is 474. The van der Waals surface area contributed by atoms with E-state index < -0.39 is 5.82 Å². The van der Waals surface area contributed by atoms with E-state index in [-0.39, 0.29) is 11.6 Å². The molecule has 1 aromatic rings. The third kappa shape index (κ3) is 4.49. The molecule has 0 spiro atoms. The van der Waals surface area contributed by atoms with Crippen LogP contribution >= 0.6 is 0 Å². The Hall–Kier alpha value is -1.62. The van der Waals surface area contributed by atoms with Gasteiger partial charge in [0.2, 0.25) is 5.91 Å². The average Bonchev–Trinajstić information content (AvgIpc) is 3.22. The molecule has 1 aliphatic rings. The van der Waals surface area contributed by atoms with Crippen molar-refractivity contribution in [2.45, 2.75) is 26.2 Å². The monoisotopic (exact) mass is 279 g/mol. The number of nitrogens with one attached hydrogen (secondary N) is 1. The Morgan fingerprint density at radius 3 is 2.85 bits per heavy atom. The summed E-state index contributed by atoms with van der Waals surface area (Å²) in [5.41, 5.74) is 6.39. The maximum Gasteiger partial charge on any atom is 0.225 e. The highest BCUT2D eigenvalue weighted by atomic mass is 19.1. The quantitative estimate of drug-likeness (QED) is 0.754.